The molecule has 1 saturated heterocycles. The summed E-state index contributed by atoms with van der Waals surface area (Å²) in [6.07, 6.45) is 3.61. The summed E-state index contributed by atoms with van der Waals surface area (Å²) >= 11 is 0. The van der Waals surface area contributed by atoms with Crippen molar-refractivity contribution in [3.05, 3.63) is 18.0 Å². The lowest BCUT2D eigenvalue weighted by atomic mass is 10.2. The molecule has 1 fully saturated rings. The van der Waals surface area contributed by atoms with Gasteiger partial charge >= 0.3 is 0 Å². The molecule has 24 heavy (non-hydrogen) atoms. The second-order valence-corrected chi connectivity index (χ2v) is 8.51. The maximum absolute atomic E-state index is 12.9. The fourth-order valence-electron chi connectivity index (χ4n) is 3.52. The first kappa shape index (κ1) is 17.3. The van der Waals surface area contributed by atoms with Gasteiger partial charge in [0, 0.05) is 38.3 Å². The summed E-state index contributed by atoms with van der Waals surface area (Å²) in [6.45, 7) is 6.51. The van der Waals surface area contributed by atoms with Gasteiger partial charge in [0.05, 0.1) is 5.69 Å². The molecular formula is C16H25N5O2S. The number of likely N-dealkylation sites (tertiary alicyclic amines) is 1. The zero-order valence-electron chi connectivity index (χ0n) is 14.7. The molecule has 132 valence electrons. The second kappa shape index (κ2) is 6.42. The van der Waals surface area contributed by atoms with Crippen molar-refractivity contribution in [2.45, 2.75) is 37.6 Å². The van der Waals surface area contributed by atoms with Crippen molar-refractivity contribution in [3.8, 4) is 0 Å². The van der Waals surface area contributed by atoms with Gasteiger partial charge in [-0.1, -0.05) is 6.92 Å². The van der Waals surface area contributed by atoms with Crippen LogP contribution in [0.2, 0.25) is 0 Å². The van der Waals surface area contributed by atoms with Gasteiger partial charge in [0.25, 0.3) is 0 Å². The molecule has 1 aliphatic rings. The van der Waals surface area contributed by atoms with Gasteiger partial charge < -0.3 is 0 Å². The minimum Gasteiger partial charge on any atom is -0.299 e. The summed E-state index contributed by atoms with van der Waals surface area (Å²) in [5.74, 6) is 0. The number of likely N-dealkylation sites (N-methyl/N-ethyl adjacent to an activating group) is 2. The third kappa shape index (κ3) is 2.94. The van der Waals surface area contributed by atoms with Crippen LogP contribution in [0.25, 0.3) is 11.0 Å². The standard InChI is InChI=1S/C16H25N5O2S/c1-5-21-8-6-7-13(21)11-19(3)24(22,23)14-9-15-12(2)18-20(4)16(15)17-10-14/h9-10,13H,5-8,11H2,1-4H3/t13-/m0/s1. The van der Waals surface area contributed by atoms with Gasteiger partial charge in [0.1, 0.15) is 4.90 Å². The number of rotatable bonds is 5. The van der Waals surface area contributed by atoms with Gasteiger partial charge in [-0.3, -0.25) is 9.58 Å². The average Bonchev–Trinajstić information content (AvgIpc) is 3.11. The lowest BCUT2D eigenvalue weighted by Gasteiger charge is -2.27. The third-order valence-corrected chi connectivity index (χ3v) is 6.71. The summed E-state index contributed by atoms with van der Waals surface area (Å²) in [5.41, 5.74) is 1.48. The number of sulfonamides is 1. The van der Waals surface area contributed by atoms with Crippen LogP contribution in [-0.4, -0.2) is 65.1 Å². The van der Waals surface area contributed by atoms with Crippen LogP contribution in [0, 0.1) is 6.92 Å². The van der Waals surface area contributed by atoms with Crippen LogP contribution in [-0.2, 0) is 17.1 Å². The molecule has 3 heterocycles. The van der Waals surface area contributed by atoms with Crippen molar-refractivity contribution in [1.82, 2.24) is 24.0 Å². The molecule has 0 bridgehead atoms. The van der Waals surface area contributed by atoms with E-state index in [0.717, 1.165) is 37.0 Å². The Balaban J connectivity index is 1.88. The Bertz CT molecular complexity index is 846. The van der Waals surface area contributed by atoms with E-state index >= 15 is 0 Å². The lowest BCUT2D eigenvalue weighted by molar-refractivity contribution is 0.237. The Labute approximate surface area is 143 Å². The van der Waals surface area contributed by atoms with E-state index in [2.05, 4.69) is 21.9 Å². The Morgan fingerprint density at radius 3 is 2.88 bits per heavy atom. The smallest absolute Gasteiger partial charge is 0.244 e. The molecular weight excluding hydrogens is 326 g/mol. The molecule has 0 unspecified atom stereocenters. The Morgan fingerprint density at radius 1 is 1.42 bits per heavy atom. The van der Waals surface area contributed by atoms with Crippen molar-refractivity contribution in [2.75, 3.05) is 26.7 Å². The molecule has 8 heteroatoms. The lowest BCUT2D eigenvalue weighted by Crippen LogP contribution is -2.41. The molecule has 0 amide bonds. The van der Waals surface area contributed by atoms with Gasteiger partial charge in [-0.25, -0.2) is 13.4 Å². The van der Waals surface area contributed by atoms with Crippen molar-refractivity contribution < 1.29 is 8.42 Å². The topological polar surface area (TPSA) is 71.3 Å². The normalized spacial score (nSPS) is 19.6. The molecule has 0 spiro atoms. The van der Waals surface area contributed by atoms with Crippen LogP contribution in [0.4, 0.5) is 0 Å². The fourth-order valence-corrected chi connectivity index (χ4v) is 4.70. The van der Waals surface area contributed by atoms with E-state index in [1.165, 1.54) is 10.5 Å². The van der Waals surface area contributed by atoms with Gasteiger partial charge in [0.2, 0.25) is 10.0 Å². The van der Waals surface area contributed by atoms with Gasteiger partial charge in [-0.05, 0) is 38.9 Å². The van der Waals surface area contributed by atoms with Crippen molar-refractivity contribution in [1.29, 1.82) is 0 Å². The third-order valence-electron chi connectivity index (χ3n) is 4.92. The molecule has 2 aromatic heterocycles. The predicted molar refractivity (Wildman–Crippen MR) is 93.3 cm³/mol. The van der Waals surface area contributed by atoms with Crippen LogP contribution in [0.1, 0.15) is 25.5 Å². The first-order valence-electron chi connectivity index (χ1n) is 8.34. The molecule has 0 aliphatic carbocycles. The van der Waals surface area contributed by atoms with Gasteiger partial charge in [0.15, 0.2) is 5.65 Å². The molecule has 0 aromatic carbocycles. The predicted octanol–water partition coefficient (Wildman–Crippen LogP) is 1.38. The SMILES string of the molecule is CCN1CCC[C@H]1CN(C)S(=O)(=O)c1cnc2c(c1)c(C)nn2C. The highest BCUT2D eigenvalue weighted by Crippen LogP contribution is 2.23. The number of nitrogens with zero attached hydrogens (tertiary/aromatic N) is 5. The molecule has 3 rings (SSSR count). The number of aromatic nitrogens is 3. The minimum atomic E-state index is -3.55. The number of pyridine rings is 1. The Morgan fingerprint density at radius 2 is 2.17 bits per heavy atom. The van der Waals surface area contributed by atoms with Crippen molar-refractivity contribution in [3.63, 3.8) is 0 Å². The first-order chi connectivity index (χ1) is 11.3. The summed E-state index contributed by atoms with van der Waals surface area (Å²) in [6, 6.07) is 1.98. The summed E-state index contributed by atoms with van der Waals surface area (Å²) in [7, 11) is -0.0878. The van der Waals surface area contributed by atoms with E-state index in [-0.39, 0.29) is 4.90 Å². The van der Waals surface area contributed by atoms with Crippen LogP contribution in [0.5, 0.6) is 0 Å². The zero-order chi connectivity index (χ0) is 17.5. The molecule has 1 aliphatic heterocycles. The van der Waals surface area contributed by atoms with E-state index < -0.39 is 10.0 Å². The quantitative estimate of drug-likeness (QED) is 0.814. The Hall–Kier alpha value is -1.51. The molecule has 7 nitrogen and oxygen atoms in total. The van der Waals surface area contributed by atoms with E-state index in [9.17, 15) is 8.42 Å². The fraction of sp³-hybridized carbons (Fsp3) is 0.625. The average molecular weight is 351 g/mol. The van der Waals surface area contributed by atoms with Gasteiger partial charge in [-0.2, -0.15) is 9.40 Å². The highest BCUT2D eigenvalue weighted by atomic mass is 32.2. The molecule has 0 N–H and O–H groups in total. The van der Waals surface area contributed by atoms with E-state index in [1.807, 2.05) is 14.0 Å². The van der Waals surface area contributed by atoms with Crippen LogP contribution in [0.15, 0.2) is 17.2 Å². The molecule has 2 aromatic rings. The van der Waals surface area contributed by atoms with E-state index in [0.29, 0.717) is 18.2 Å². The minimum absolute atomic E-state index is 0.231. The second-order valence-electron chi connectivity index (χ2n) is 6.46. The Kier molecular flexibility index (Phi) is 4.63. The van der Waals surface area contributed by atoms with E-state index in [1.54, 1.807) is 17.8 Å². The number of aryl methyl sites for hydroxylation is 2. The van der Waals surface area contributed by atoms with Gasteiger partial charge in [-0.15, -0.1) is 0 Å². The highest BCUT2D eigenvalue weighted by Gasteiger charge is 2.29. The van der Waals surface area contributed by atoms with Crippen LogP contribution >= 0.6 is 0 Å². The van der Waals surface area contributed by atoms with Crippen molar-refractivity contribution >= 4 is 21.1 Å². The molecule has 0 radical (unpaired) electrons. The van der Waals surface area contributed by atoms with Crippen molar-refractivity contribution in [2.24, 2.45) is 7.05 Å². The molecule has 0 saturated carbocycles. The zero-order valence-corrected chi connectivity index (χ0v) is 15.5. The summed E-state index contributed by atoms with van der Waals surface area (Å²) < 4.78 is 29.0. The summed E-state index contributed by atoms with van der Waals surface area (Å²) in [4.78, 5) is 6.87. The number of hydrogen-bond acceptors (Lipinski definition) is 5. The first-order valence-corrected chi connectivity index (χ1v) is 9.78. The van der Waals surface area contributed by atoms with E-state index in [4.69, 9.17) is 0 Å². The number of fused-ring (bicyclic) bond motifs is 1. The summed E-state index contributed by atoms with van der Waals surface area (Å²) in [5, 5.41) is 5.08. The highest BCUT2D eigenvalue weighted by molar-refractivity contribution is 7.89. The van der Waals surface area contributed by atoms with Crippen LogP contribution < -0.4 is 0 Å². The largest absolute Gasteiger partial charge is 0.299 e. The van der Waals surface area contributed by atoms with Crippen LogP contribution in [0.3, 0.4) is 0 Å². The maximum atomic E-state index is 12.9. The maximum Gasteiger partial charge on any atom is 0.244 e. The monoisotopic (exact) mass is 351 g/mol. The molecule has 1 atom stereocenters. The number of hydrogen-bond donors (Lipinski definition) is 0.